The molecule has 0 fully saturated rings. The smallest absolute Gasteiger partial charge is 0.277 e. The zero-order valence-corrected chi connectivity index (χ0v) is 11.3. The van der Waals surface area contributed by atoms with Crippen LogP contribution in [0.2, 0.25) is 0 Å². The van der Waals surface area contributed by atoms with Gasteiger partial charge in [0.2, 0.25) is 0 Å². The number of rotatable bonds is 3. The van der Waals surface area contributed by atoms with Crippen molar-refractivity contribution in [3.8, 4) is 11.3 Å². The van der Waals surface area contributed by atoms with E-state index in [1.54, 1.807) is 30.3 Å². The van der Waals surface area contributed by atoms with Crippen molar-refractivity contribution in [2.75, 3.05) is 0 Å². The summed E-state index contributed by atoms with van der Waals surface area (Å²) in [6.45, 7) is -0.603. The van der Waals surface area contributed by atoms with Crippen molar-refractivity contribution in [3.63, 3.8) is 0 Å². The topological polar surface area (TPSA) is 34.9 Å². The van der Waals surface area contributed by atoms with Crippen LogP contribution in [-0.2, 0) is 6.54 Å². The van der Waals surface area contributed by atoms with Crippen molar-refractivity contribution >= 4 is 12.2 Å². The molecule has 0 spiro atoms. The fourth-order valence-corrected chi connectivity index (χ4v) is 2.51. The first kappa shape index (κ1) is 13.7. The molecule has 0 atom stereocenters. The van der Waals surface area contributed by atoms with Gasteiger partial charge in [-0.1, -0.05) is 42.5 Å². The Labute approximate surface area is 119 Å². The average Bonchev–Trinajstić information content (AvgIpc) is 2.50. The van der Waals surface area contributed by atoms with E-state index in [0.717, 1.165) is 17.4 Å². The standard InChI is InChI=1S/C16H14F2N2O/c17-14(18)10-20-13-9-5-4-8-12(13)19-15(16(20)21)11-6-2-1-3-7-11/h1-3,6-9,14H,4-5,10H2. The lowest BCUT2D eigenvalue weighted by atomic mass is 10.1. The van der Waals surface area contributed by atoms with Gasteiger partial charge in [-0.3, -0.25) is 9.36 Å². The van der Waals surface area contributed by atoms with Gasteiger partial charge in [0.25, 0.3) is 12.0 Å². The lowest BCUT2D eigenvalue weighted by molar-refractivity contribution is 0.124. The highest BCUT2D eigenvalue weighted by atomic mass is 19.3. The molecule has 0 radical (unpaired) electrons. The van der Waals surface area contributed by atoms with Crippen LogP contribution in [0, 0.1) is 0 Å². The minimum atomic E-state index is -2.58. The third kappa shape index (κ3) is 2.63. The van der Waals surface area contributed by atoms with E-state index in [9.17, 15) is 13.6 Å². The molecule has 0 aliphatic heterocycles. The van der Waals surface area contributed by atoms with Gasteiger partial charge in [0.1, 0.15) is 5.69 Å². The van der Waals surface area contributed by atoms with E-state index in [1.165, 1.54) is 0 Å². The van der Waals surface area contributed by atoms with Crippen molar-refractivity contribution < 1.29 is 8.78 Å². The van der Waals surface area contributed by atoms with E-state index >= 15 is 0 Å². The molecular weight excluding hydrogens is 274 g/mol. The Balaban J connectivity index is 2.32. The third-order valence-corrected chi connectivity index (χ3v) is 3.44. The Morgan fingerprint density at radius 3 is 2.57 bits per heavy atom. The van der Waals surface area contributed by atoms with Gasteiger partial charge in [0.05, 0.1) is 17.2 Å². The highest BCUT2D eigenvalue weighted by Gasteiger charge is 2.14. The number of hydrogen-bond acceptors (Lipinski definition) is 2. The molecule has 0 amide bonds. The summed E-state index contributed by atoms with van der Waals surface area (Å²) in [5.41, 5.74) is 0.403. The van der Waals surface area contributed by atoms with E-state index < -0.39 is 18.5 Å². The fraction of sp³-hybridized carbons (Fsp3) is 0.250. The van der Waals surface area contributed by atoms with Gasteiger partial charge in [-0.2, -0.15) is 0 Å². The summed E-state index contributed by atoms with van der Waals surface area (Å²) in [5, 5.41) is 1.12. The molecule has 0 saturated carbocycles. The molecule has 1 heterocycles. The molecule has 3 rings (SSSR count). The minimum Gasteiger partial charge on any atom is -0.299 e. The summed E-state index contributed by atoms with van der Waals surface area (Å²) in [6, 6.07) is 8.94. The molecule has 0 N–H and O–H groups in total. The molecule has 108 valence electrons. The maximum atomic E-state index is 12.8. The van der Waals surface area contributed by atoms with Crippen LogP contribution < -0.4 is 16.3 Å². The van der Waals surface area contributed by atoms with Gasteiger partial charge in [-0.05, 0) is 12.8 Å². The second kappa shape index (κ2) is 5.60. The summed E-state index contributed by atoms with van der Waals surface area (Å²) in [7, 11) is 0. The second-order valence-electron chi connectivity index (χ2n) is 4.89. The SMILES string of the molecule is O=c1c(-c2ccccc2)nc2c(n1CC(F)F)=CCCC=2. The zero-order chi connectivity index (χ0) is 14.8. The van der Waals surface area contributed by atoms with Crippen molar-refractivity contribution in [1.82, 2.24) is 9.55 Å². The lowest BCUT2D eigenvalue weighted by Crippen LogP contribution is -2.48. The number of benzene rings is 1. The number of fused-ring (bicyclic) bond motifs is 1. The van der Waals surface area contributed by atoms with E-state index in [0.29, 0.717) is 16.3 Å². The van der Waals surface area contributed by atoms with Gasteiger partial charge < -0.3 is 0 Å². The molecule has 5 heteroatoms. The Morgan fingerprint density at radius 1 is 1.14 bits per heavy atom. The molecule has 1 aliphatic carbocycles. The number of hydrogen-bond donors (Lipinski definition) is 0. The van der Waals surface area contributed by atoms with Crippen molar-refractivity contribution in [1.29, 1.82) is 0 Å². The fourth-order valence-electron chi connectivity index (χ4n) is 2.51. The summed E-state index contributed by atoms with van der Waals surface area (Å²) in [4.78, 5) is 16.9. The molecule has 3 nitrogen and oxygen atoms in total. The molecular formula is C16H14F2N2O. The van der Waals surface area contributed by atoms with Gasteiger partial charge in [-0.15, -0.1) is 0 Å². The number of halogens is 2. The van der Waals surface area contributed by atoms with Gasteiger partial charge >= 0.3 is 0 Å². The maximum absolute atomic E-state index is 12.8. The van der Waals surface area contributed by atoms with Gasteiger partial charge in [-0.25, -0.2) is 13.8 Å². The summed E-state index contributed by atoms with van der Waals surface area (Å²) >= 11 is 0. The van der Waals surface area contributed by atoms with Crippen LogP contribution in [-0.4, -0.2) is 16.0 Å². The average molecular weight is 288 g/mol. The lowest BCUT2D eigenvalue weighted by Gasteiger charge is -2.12. The van der Waals surface area contributed by atoms with Crippen LogP contribution in [0.15, 0.2) is 35.1 Å². The van der Waals surface area contributed by atoms with Crippen LogP contribution >= 0.6 is 0 Å². The van der Waals surface area contributed by atoms with Gasteiger partial charge in [0, 0.05) is 5.56 Å². The molecule has 0 unspecified atom stereocenters. The summed E-state index contributed by atoms with van der Waals surface area (Å²) < 4.78 is 26.7. The summed E-state index contributed by atoms with van der Waals surface area (Å²) in [6.07, 6.45) is 2.67. The zero-order valence-electron chi connectivity index (χ0n) is 11.3. The molecule has 2 aromatic rings. The molecule has 1 aliphatic rings. The van der Waals surface area contributed by atoms with Gasteiger partial charge in [0.15, 0.2) is 0 Å². The third-order valence-electron chi connectivity index (χ3n) is 3.44. The van der Waals surface area contributed by atoms with Crippen molar-refractivity contribution in [2.45, 2.75) is 25.8 Å². The van der Waals surface area contributed by atoms with Crippen LogP contribution in [0.25, 0.3) is 23.4 Å². The number of alkyl halides is 2. The first-order chi connectivity index (χ1) is 10.2. The quantitative estimate of drug-likeness (QED) is 0.858. The van der Waals surface area contributed by atoms with Crippen molar-refractivity contribution in [3.05, 3.63) is 51.4 Å². The largest absolute Gasteiger partial charge is 0.299 e. The van der Waals surface area contributed by atoms with Crippen LogP contribution in [0.1, 0.15) is 12.8 Å². The second-order valence-corrected chi connectivity index (χ2v) is 4.89. The first-order valence-electron chi connectivity index (χ1n) is 6.81. The monoisotopic (exact) mass is 288 g/mol. The van der Waals surface area contributed by atoms with Crippen molar-refractivity contribution in [2.24, 2.45) is 0 Å². The van der Waals surface area contributed by atoms with Crippen LogP contribution in [0.3, 0.4) is 0 Å². The predicted octanol–water partition coefficient (Wildman–Crippen LogP) is 1.53. The number of aromatic nitrogens is 2. The van der Waals surface area contributed by atoms with Crippen LogP contribution in [0.4, 0.5) is 8.78 Å². The Kier molecular flexibility index (Phi) is 3.64. The van der Waals surface area contributed by atoms with E-state index in [2.05, 4.69) is 4.98 Å². The first-order valence-corrected chi connectivity index (χ1v) is 6.81. The highest BCUT2D eigenvalue weighted by Crippen LogP contribution is 2.10. The Morgan fingerprint density at radius 2 is 1.86 bits per heavy atom. The maximum Gasteiger partial charge on any atom is 0.277 e. The van der Waals surface area contributed by atoms with E-state index in [-0.39, 0.29) is 5.69 Å². The minimum absolute atomic E-state index is 0.224. The molecule has 0 bridgehead atoms. The predicted molar refractivity (Wildman–Crippen MR) is 77.4 cm³/mol. The molecule has 1 aromatic heterocycles. The Bertz CT molecular complexity index is 826. The summed E-state index contributed by atoms with van der Waals surface area (Å²) in [5.74, 6) is 0. The number of nitrogens with zero attached hydrogens (tertiary/aromatic N) is 2. The Hall–Kier alpha value is -2.30. The highest BCUT2D eigenvalue weighted by molar-refractivity contribution is 5.58. The van der Waals surface area contributed by atoms with E-state index in [1.807, 2.05) is 12.1 Å². The normalized spacial score (nSPS) is 13.5. The molecule has 0 saturated heterocycles. The molecule has 21 heavy (non-hydrogen) atoms. The van der Waals surface area contributed by atoms with Crippen LogP contribution in [0.5, 0.6) is 0 Å². The molecule has 1 aromatic carbocycles. The van der Waals surface area contributed by atoms with E-state index in [4.69, 9.17) is 0 Å².